The molecule has 0 aliphatic carbocycles. The van der Waals surface area contributed by atoms with Crippen molar-refractivity contribution in [3.8, 4) is 11.5 Å². The zero-order valence-corrected chi connectivity index (χ0v) is 16.4. The van der Waals surface area contributed by atoms with Crippen molar-refractivity contribution in [2.75, 3.05) is 32.6 Å². The number of nitrogens with one attached hydrogen (secondary N) is 1. The summed E-state index contributed by atoms with van der Waals surface area (Å²) in [6.07, 6.45) is 0.589. The maximum atomic E-state index is 12.3. The fourth-order valence-corrected chi connectivity index (χ4v) is 2.89. The van der Waals surface area contributed by atoms with E-state index in [-0.39, 0.29) is 18.4 Å². The number of nitrogens with zero attached hydrogens (tertiary/aromatic N) is 1. The molecule has 2 amide bonds. The summed E-state index contributed by atoms with van der Waals surface area (Å²) in [7, 11) is 3.13. The van der Waals surface area contributed by atoms with E-state index in [1.54, 1.807) is 25.3 Å². The first kappa shape index (κ1) is 20.6. The fourth-order valence-electron chi connectivity index (χ4n) is 2.63. The van der Waals surface area contributed by atoms with Crippen molar-refractivity contribution >= 4 is 29.1 Å². The van der Waals surface area contributed by atoms with Crippen molar-refractivity contribution < 1.29 is 19.1 Å². The highest BCUT2D eigenvalue weighted by Gasteiger charge is 2.15. The van der Waals surface area contributed by atoms with Gasteiger partial charge in [-0.3, -0.25) is 9.59 Å². The van der Waals surface area contributed by atoms with Gasteiger partial charge in [-0.1, -0.05) is 29.8 Å². The Morgan fingerprint density at radius 2 is 1.78 bits per heavy atom. The van der Waals surface area contributed by atoms with E-state index in [0.29, 0.717) is 29.4 Å². The van der Waals surface area contributed by atoms with Gasteiger partial charge in [-0.2, -0.15) is 0 Å². The van der Waals surface area contributed by atoms with Crippen LogP contribution in [0.1, 0.15) is 12.5 Å². The maximum absolute atomic E-state index is 12.3. The van der Waals surface area contributed by atoms with Crippen LogP contribution in [0.15, 0.2) is 42.5 Å². The molecular weight excluding hydrogens is 368 g/mol. The van der Waals surface area contributed by atoms with Crippen molar-refractivity contribution in [1.29, 1.82) is 0 Å². The van der Waals surface area contributed by atoms with Crippen LogP contribution < -0.4 is 14.8 Å². The Balaban J connectivity index is 1.97. The number of para-hydroxylation sites is 1. The minimum Gasteiger partial charge on any atom is -0.496 e. The SMILES string of the molecule is COc1ccc(NC(=O)CN(CCc2ccccc2OC)C(C)=O)cc1Cl. The average Bonchev–Trinajstić information content (AvgIpc) is 2.65. The molecule has 0 bridgehead atoms. The first-order valence-corrected chi connectivity index (χ1v) is 8.83. The Morgan fingerprint density at radius 1 is 1.07 bits per heavy atom. The second-order valence-corrected chi connectivity index (χ2v) is 6.31. The lowest BCUT2D eigenvalue weighted by molar-refractivity contribution is -0.132. The Morgan fingerprint density at radius 3 is 2.41 bits per heavy atom. The number of amides is 2. The average molecular weight is 391 g/mol. The lowest BCUT2D eigenvalue weighted by Crippen LogP contribution is -2.38. The summed E-state index contributed by atoms with van der Waals surface area (Å²) in [5, 5.41) is 3.14. The van der Waals surface area contributed by atoms with E-state index in [2.05, 4.69) is 5.32 Å². The van der Waals surface area contributed by atoms with Gasteiger partial charge in [0.2, 0.25) is 11.8 Å². The van der Waals surface area contributed by atoms with Crippen molar-refractivity contribution in [3.63, 3.8) is 0 Å². The monoisotopic (exact) mass is 390 g/mol. The van der Waals surface area contributed by atoms with Crippen LogP contribution in [-0.2, 0) is 16.0 Å². The van der Waals surface area contributed by atoms with Gasteiger partial charge in [-0.15, -0.1) is 0 Å². The lowest BCUT2D eigenvalue weighted by Gasteiger charge is -2.21. The Labute approximate surface area is 164 Å². The van der Waals surface area contributed by atoms with Crippen molar-refractivity contribution in [2.24, 2.45) is 0 Å². The van der Waals surface area contributed by atoms with Crippen LogP contribution in [0, 0.1) is 0 Å². The maximum Gasteiger partial charge on any atom is 0.243 e. The molecule has 0 saturated heterocycles. The molecule has 0 spiro atoms. The van der Waals surface area contributed by atoms with Crippen LogP contribution in [0.2, 0.25) is 5.02 Å². The zero-order valence-electron chi connectivity index (χ0n) is 15.6. The summed E-state index contributed by atoms with van der Waals surface area (Å²) in [5.74, 6) is 0.814. The quantitative estimate of drug-likeness (QED) is 0.750. The number of methoxy groups -OCH3 is 2. The van der Waals surface area contributed by atoms with E-state index >= 15 is 0 Å². The van der Waals surface area contributed by atoms with Gasteiger partial charge in [0.25, 0.3) is 0 Å². The molecule has 7 heteroatoms. The molecule has 0 saturated carbocycles. The molecule has 0 aromatic heterocycles. The number of rotatable bonds is 8. The second-order valence-electron chi connectivity index (χ2n) is 5.90. The van der Waals surface area contributed by atoms with E-state index in [9.17, 15) is 9.59 Å². The van der Waals surface area contributed by atoms with E-state index in [4.69, 9.17) is 21.1 Å². The van der Waals surface area contributed by atoms with Crippen LogP contribution in [0.5, 0.6) is 11.5 Å². The predicted octanol–water partition coefficient (Wildman–Crippen LogP) is 3.39. The normalized spacial score (nSPS) is 10.2. The Bertz CT molecular complexity index is 810. The first-order chi connectivity index (χ1) is 12.9. The first-order valence-electron chi connectivity index (χ1n) is 8.45. The number of hydrogen-bond donors (Lipinski definition) is 1. The van der Waals surface area contributed by atoms with E-state index in [1.807, 2.05) is 24.3 Å². The third-order valence-corrected chi connectivity index (χ3v) is 4.35. The fraction of sp³-hybridized carbons (Fsp3) is 0.300. The van der Waals surface area contributed by atoms with Gasteiger partial charge in [0.05, 0.1) is 25.8 Å². The number of halogens is 1. The number of carbonyl (C=O) groups excluding carboxylic acids is 2. The summed E-state index contributed by atoms with van der Waals surface area (Å²) in [6, 6.07) is 12.6. The van der Waals surface area contributed by atoms with Crippen LogP contribution in [0.3, 0.4) is 0 Å². The molecule has 0 heterocycles. The largest absolute Gasteiger partial charge is 0.496 e. The van der Waals surface area contributed by atoms with E-state index in [1.165, 1.54) is 18.9 Å². The van der Waals surface area contributed by atoms with Gasteiger partial charge in [0.15, 0.2) is 0 Å². The molecule has 0 fully saturated rings. The number of hydrogen-bond acceptors (Lipinski definition) is 4. The number of benzene rings is 2. The van der Waals surface area contributed by atoms with Crippen molar-refractivity contribution in [3.05, 3.63) is 53.1 Å². The molecule has 0 aliphatic heterocycles. The highest BCUT2D eigenvalue weighted by atomic mass is 35.5. The molecule has 0 radical (unpaired) electrons. The van der Waals surface area contributed by atoms with Gasteiger partial charge in [-0.25, -0.2) is 0 Å². The number of anilines is 1. The minimum absolute atomic E-state index is 0.0475. The smallest absolute Gasteiger partial charge is 0.243 e. The molecule has 2 aromatic carbocycles. The molecule has 144 valence electrons. The van der Waals surface area contributed by atoms with Gasteiger partial charge < -0.3 is 19.7 Å². The topological polar surface area (TPSA) is 67.9 Å². The molecule has 0 unspecified atom stereocenters. The number of ether oxygens (including phenoxy) is 2. The van der Waals surface area contributed by atoms with Crippen LogP contribution in [0.4, 0.5) is 5.69 Å². The lowest BCUT2D eigenvalue weighted by atomic mass is 10.1. The third kappa shape index (κ3) is 5.89. The summed E-state index contributed by atoms with van der Waals surface area (Å²) >= 11 is 6.06. The Kier molecular flexibility index (Phi) is 7.49. The van der Waals surface area contributed by atoms with Crippen molar-refractivity contribution in [2.45, 2.75) is 13.3 Å². The second kappa shape index (κ2) is 9.83. The van der Waals surface area contributed by atoms with E-state index < -0.39 is 0 Å². The summed E-state index contributed by atoms with van der Waals surface area (Å²) in [4.78, 5) is 25.7. The predicted molar refractivity (Wildman–Crippen MR) is 106 cm³/mol. The van der Waals surface area contributed by atoms with E-state index in [0.717, 1.165) is 11.3 Å². The van der Waals surface area contributed by atoms with Crippen LogP contribution in [-0.4, -0.2) is 44.0 Å². The summed E-state index contributed by atoms with van der Waals surface area (Å²) in [6.45, 7) is 1.81. The summed E-state index contributed by atoms with van der Waals surface area (Å²) < 4.78 is 10.4. The highest BCUT2D eigenvalue weighted by Crippen LogP contribution is 2.27. The van der Waals surface area contributed by atoms with Crippen LogP contribution >= 0.6 is 11.6 Å². The molecule has 27 heavy (non-hydrogen) atoms. The summed E-state index contributed by atoms with van der Waals surface area (Å²) in [5.41, 5.74) is 1.52. The van der Waals surface area contributed by atoms with Gasteiger partial charge >= 0.3 is 0 Å². The molecule has 0 atom stereocenters. The van der Waals surface area contributed by atoms with Gasteiger partial charge in [-0.05, 0) is 36.2 Å². The number of carbonyl (C=O) groups is 2. The molecule has 2 aromatic rings. The zero-order chi connectivity index (χ0) is 19.8. The van der Waals surface area contributed by atoms with Gasteiger partial charge in [0, 0.05) is 19.2 Å². The Hall–Kier alpha value is -2.73. The third-order valence-electron chi connectivity index (χ3n) is 4.06. The molecule has 6 nitrogen and oxygen atoms in total. The molecule has 0 aliphatic rings. The van der Waals surface area contributed by atoms with Crippen molar-refractivity contribution in [1.82, 2.24) is 4.90 Å². The molecular formula is C20H23ClN2O4. The molecule has 2 rings (SSSR count). The highest BCUT2D eigenvalue weighted by molar-refractivity contribution is 6.32. The van der Waals surface area contributed by atoms with Gasteiger partial charge in [0.1, 0.15) is 11.5 Å². The minimum atomic E-state index is -0.300. The molecule has 1 N–H and O–H groups in total. The van der Waals surface area contributed by atoms with Crippen LogP contribution in [0.25, 0.3) is 0 Å². The standard InChI is InChI=1S/C20H23ClN2O4/c1-14(24)23(11-10-15-6-4-5-7-18(15)26-2)13-20(25)22-16-8-9-19(27-3)17(21)12-16/h4-9,12H,10-11,13H2,1-3H3,(H,22,25).